The first-order chi connectivity index (χ1) is 14.8. The molecule has 31 heavy (non-hydrogen) atoms. The number of nitrogens with one attached hydrogen (secondary N) is 1. The Bertz CT molecular complexity index is 887. The second kappa shape index (κ2) is 10.7. The molecule has 0 bridgehead atoms. The first-order valence-electron chi connectivity index (χ1n) is 10.9. The zero-order chi connectivity index (χ0) is 22.4. The Morgan fingerprint density at radius 1 is 1.13 bits per heavy atom. The standard InChI is InChI=1S/C25H31ClN2O3/c1-17-13-22(14-18(2)24(17)26)31-16-23(29)28(15-20-9-5-4-6-10-20)19(3)25(30)27-21-11-7-8-12-21/h4-6,9-10,13-14,19,21H,7-8,11-12,15-16H2,1-3H3,(H,27,30)/t19-/m0/s1. The van der Waals surface area contributed by atoms with Gasteiger partial charge in [-0.1, -0.05) is 54.8 Å². The summed E-state index contributed by atoms with van der Waals surface area (Å²) in [6, 6.07) is 12.9. The van der Waals surface area contributed by atoms with Gasteiger partial charge in [0.2, 0.25) is 5.91 Å². The number of nitrogens with zero attached hydrogens (tertiary/aromatic N) is 1. The summed E-state index contributed by atoms with van der Waals surface area (Å²) in [7, 11) is 0. The molecule has 0 spiro atoms. The predicted molar refractivity (Wildman–Crippen MR) is 123 cm³/mol. The van der Waals surface area contributed by atoms with Gasteiger partial charge in [0, 0.05) is 17.6 Å². The zero-order valence-electron chi connectivity index (χ0n) is 18.5. The molecule has 0 aromatic heterocycles. The lowest BCUT2D eigenvalue weighted by Gasteiger charge is -2.29. The molecule has 5 nitrogen and oxygen atoms in total. The van der Waals surface area contributed by atoms with Crippen molar-refractivity contribution in [3.63, 3.8) is 0 Å². The van der Waals surface area contributed by atoms with E-state index < -0.39 is 6.04 Å². The van der Waals surface area contributed by atoms with Crippen LogP contribution in [0.25, 0.3) is 0 Å². The molecule has 3 rings (SSSR count). The molecule has 2 amide bonds. The Kier molecular flexibility index (Phi) is 7.97. The Hall–Kier alpha value is -2.53. The number of aryl methyl sites for hydroxylation is 2. The molecule has 1 N–H and O–H groups in total. The Balaban J connectivity index is 1.71. The van der Waals surface area contributed by atoms with E-state index in [4.69, 9.17) is 16.3 Å². The maximum Gasteiger partial charge on any atom is 0.261 e. The van der Waals surface area contributed by atoms with Gasteiger partial charge in [0.05, 0.1) is 0 Å². The summed E-state index contributed by atoms with van der Waals surface area (Å²) in [5.41, 5.74) is 2.76. The molecular weight excluding hydrogens is 412 g/mol. The average Bonchev–Trinajstić information content (AvgIpc) is 3.27. The summed E-state index contributed by atoms with van der Waals surface area (Å²) in [4.78, 5) is 27.6. The maximum atomic E-state index is 13.1. The van der Waals surface area contributed by atoms with Crippen LogP contribution < -0.4 is 10.1 Å². The Morgan fingerprint density at radius 2 is 1.74 bits per heavy atom. The van der Waals surface area contributed by atoms with Gasteiger partial charge in [-0.05, 0) is 62.4 Å². The van der Waals surface area contributed by atoms with Gasteiger partial charge in [0.25, 0.3) is 5.91 Å². The van der Waals surface area contributed by atoms with E-state index in [0.717, 1.165) is 42.4 Å². The van der Waals surface area contributed by atoms with Crippen LogP contribution in [0.5, 0.6) is 5.75 Å². The van der Waals surface area contributed by atoms with E-state index in [1.165, 1.54) is 0 Å². The number of rotatable bonds is 8. The van der Waals surface area contributed by atoms with Crippen molar-refractivity contribution in [2.45, 2.75) is 65.1 Å². The highest BCUT2D eigenvalue weighted by atomic mass is 35.5. The zero-order valence-corrected chi connectivity index (χ0v) is 19.2. The van der Waals surface area contributed by atoms with E-state index >= 15 is 0 Å². The highest BCUT2D eigenvalue weighted by molar-refractivity contribution is 6.32. The molecule has 2 aromatic rings. The van der Waals surface area contributed by atoms with Crippen LogP contribution in [0.1, 0.15) is 49.3 Å². The lowest BCUT2D eigenvalue weighted by Crippen LogP contribution is -2.50. The van der Waals surface area contributed by atoms with Crippen molar-refractivity contribution >= 4 is 23.4 Å². The van der Waals surface area contributed by atoms with Crippen molar-refractivity contribution in [3.05, 3.63) is 64.2 Å². The molecule has 0 saturated heterocycles. The van der Waals surface area contributed by atoms with Gasteiger partial charge in [0.15, 0.2) is 6.61 Å². The third kappa shape index (κ3) is 6.23. The van der Waals surface area contributed by atoms with Gasteiger partial charge in [-0.2, -0.15) is 0 Å². The van der Waals surface area contributed by atoms with Crippen LogP contribution in [0.15, 0.2) is 42.5 Å². The molecule has 1 fully saturated rings. The van der Waals surface area contributed by atoms with Crippen LogP contribution in [-0.4, -0.2) is 35.4 Å². The van der Waals surface area contributed by atoms with E-state index in [1.54, 1.807) is 11.8 Å². The molecule has 6 heteroatoms. The van der Waals surface area contributed by atoms with E-state index in [9.17, 15) is 9.59 Å². The normalized spacial score (nSPS) is 14.8. The minimum atomic E-state index is -0.592. The number of carbonyl (C=O) groups excluding carboxylic acids is 2. The maximum absolute atomic E-state index is 13.1. The van der Waals surface area contributed by atoms with E-state index in [2.05, 4.69) is 5.32 Å². The highest BCUT2D eigenvalue weighted by Crippen LogP contribution is 2.26. The number of hydrogen-bond donors (Lipinski definition) is 1. The van der Waals surface area contributed by atoms with Crippen molar-refractivity contribution in [1.82, 2.24) is 10.2 Å². The van der Waals surface area contributed by atoms with Gasteiger partial charge in [0.1, 0.15) is 11.8 Å². The van der Waals surface area contributed by atoms with Gasteiger partial charge in [-0.25, -0.2) is 0 Å². The summed E-state index contributed by atoms with van der Waals surface area (Å²) >= 11 is 6.22. The minimum Gasteiger partial charge on any atom is -0.484 e. The molecule has 2 aromatic carbocycles. The molecule has 1 aliphatic carbocycles. The van der Waals surface area contributed by atoms with Crippen LogP contribution in [0.4, 0.5) is 0 Å². The lowest BCUT2D eigenvalue weighted by molar-refractivity contribution is -0.142. The first kappa shape index (κ1) is 23.1. The second-order valence-corrected chi connectivity index (χ2v) is 8.71. The molecule has 166 valence electrons. The number of benzene rings is 2. The van der Waals surface area contributed by atoms with Crippen LogP contribution in [-0.2, 0) is 16.1 Å². The topological polar surface area (TPSA) is 58.6 Å². The van der Waals surface area contributed by atoms with Crippen molar-refractivity contribution in [1.29, 1.82) is 0 Å². The molecule has 1 aliphatic rings. The fourth-order valence-electron chi connectivity index (χ4n) is 3.97. The monoisotopic (exact) mass is 442 g/mol. The van der Waals surface area contributed by atoms with Crippen molar-refractivity contribution in [3.8, 4) is 5.75 Å². The van der Waals surface area contributed by atoms with Gasteiger partial charge in [-0.3, -0.25) is 9.59 Å². The quantitative estimate of drug-likeness (QED) is 0.638. The van der Waals surface area contributed by atoms with Crippen LogP contribution in [0, 0.1) is 13.8 Å². The van der Waals surface area contributed by atoms with Crippen molar-refractivity contribution in [2.75, 3.05) is 6.61 Å². The Morgan fingerprint density at radius 3 is 2.35 bits per heavy atom. The number of amides is 2. The molecule has 0 aliphatic heterocycles. The average molecular weight is 443 g/mol. The van der Waals surface area contributed by atoms with Crippen molar-refractivity contribution < 1.29 is 14.3 Å². The molecule has 0 unspecified atom stereocenters. The van der Waals surface area contributed by atoms with Gasteiger partial charge < -0.3 is 15.0 Å². The Labute approximate surface area is 189 Å². The summed E-state index contributed by atoms with van der Waals surface area (Å²) < 4.78 is 5.78. The number of halogens is 1. The highest BCUT2D eigenvalue weighted by Gasteiger charge is 2.28. The van der Waals surface area contributed by atoms with Crippen LogP contribution in [0.2, 0.25) is 5.02 Å². The fraction of sp³-hybridized carbons (Fsp3) is 0.440. The fourth-order valence-corrected chi connectivity index (χ4v) is 4.08. The second-order valence-electron chi connectivity index (χ2n) is 8.33. The first-order valence-corrected chi connectivity index (χ1v) is 11.3. The molecular formula is C25H31ClN2O3. The number of ether oxygens (including phenoxy) is 1. The lowest BCUT2D eigenvalue weighted by atomic mass is 10.1. The smallest absolute Gasteiger partial charge is 0.261 e. The number of hydrogen-bond acceptors (Lipinski definition) is 3. The molecule has 1 saturated carbocycles. The van der Waals surface area contributed by atoms with Gasteiger partial charge >= 0.3 is 0 Å². The molecule has 1 atom stereocenters. The summed E-state index contributed by atoms with van der Waals surface area (Å²) in [6.07, 6.45) is 4.28. The molecule has 0 heterocycles. The number of carbonyl (C=O) groups is 2. The van der Waals surface area contributed by atoms with E-state index in [0.29, 0.717) is 17.3 Å². The van der Waals surface area contributed by atoms with Gasteiger partial charge in [-0.15, -0.1) is 0 Å². The van der Waals surface area contributed by atoms with E-state index in [-0.39, 0.29) is 24.5 Å². The third-order valence-electron chi connectivity index (χ3n) is 5.84. The van der Waals surface area contributed by atoms with Crippen molar-refractivity contribution in [2.24, 2.45) is 0 Å². The predicted octanol–water partition coefficient (Wildman–Crippen LogP) is 4.81. The summed E-state index contributed by atoms with van der Waals surface area (Å²) in [5, 5.41) is 3.80. The molecule has 0 radical (unpaired) electrons. The van der Waals surface area contributed by atoms with E-state index in [1.807, 2.05) is 56.3 Å². The summed E-state index contributed by atoms with van der Waals surface area (Å²) in [5.74, 6) is 0.244. The summed E-state index contributed by atoms with van der Waals surface area (Å²) in [6.45, 7) is 5.79. The largest absolute Gasteiger partial charge is 0.484 e. The minimum absolute atomic E-state index is 0.116. The van der Waals surface area contributed by atoms with Crippen LogP contribution in [0.3, 0.4) is 0 Å². The third-order valence-corrected chi connectivity index (χ3v) is 6.43. The SMILES string of the molecule is Cc1cc(OCC(=O)N(Cc2ccccc2)[C@@H](C)C(=O)NC2CCCC2)cc(C)c1Cl. The van der Waals surface area contributed by atoms with Crippen LogP contribution >= 0.6 is 11.6 Å².